The van der Waals surface area contributed by atoms with E-state index in [4.69, 9.17) is 0 Å². The smallest absolute Gasteiger partial charge is 0.185 e. The van der Waals surface area contributed by atoms with Gasteiger partial charge in [-0.1, -0.05) is 91.0 Å². The SMILES string of the molecule is O=C(C=Cc1cccc(C=CC(=O)c2ccccc2)c1)c1ccccc1. The average Bonchev–Trinajstić information content (AvgIpc) is 2.72. The zero-order valence-electron chi connectivity index (χ0n) is 14.2. The Bertz CT molecular complexity index is 875. The molecule has 0 spiro atoms. The lowest BCUT2D eigenvalue weighted by molar-refractivity contribution is 0.103. The first kappa shape index (κ1) is 17.3. The highest BCUT2D eigenvalue weighted by Crippen LogP contribution is 2.11. The minimum absolute atomic E-state index is 0.0363. The van der Waals surface area contributed by atoms with Gasteiger partial charge in [0.2, 0.25) is 0 Å². The van der Waals surface area contributed by atoms with E-state index >= 15 is 0 Å². The lowest BCUT2D eigenvalue weighted by atomic mass is 10.1. The number of ketones is 2. The normalized spacial score (nSPS) is 11.1. The molecule has 0 fully saturated rings. The summed E-state index contributed by atoms with van der Waals surface area (Å²) in [5.41, 5.74) is 3.13. The lowest BCUT2D eigenvalue weighted by Gasteiger charge is -1.98. The Labute approximate surface area is 153 Å². The molecule has 126 valence electrons. The molecule has 0 atom stereocenters. The van der Waals surface area contributed by atoms with E-state index in [2.05, 4.69) is 0 Å². The molecule has 2 heteroatoms. The zero-order valence-corrected chi connectivity index (χ0v) is 14.2. The van der Waals surface area contributed by atoms with E-state index in [9.17, 15) is 9.59 Å². The summed E-state index contributed by atoms with van der Waals surface area (Å²) in [6.07, 6.45) is 6.69. The van der Waals surface area contributed by atoms with Crippen LogP contribution in [0.15, 0.2) is 97.1 Å². The zero-order chi connectivity index (χ0) is 18.2. The van der Waals surface area contributed by atoms with Crippen molar-refractivity contribution in [3.63, 3.8) is 0 Å². The van der Waals surface area contributed by atoms with E-state index < -0.39 is 0 Å². The first-order valence-corrected chi connectivity index (χ1v) is 8.37. The van der Waals surface area contributed by atoms with Crippen molar-refractivity contribution in [1.29, 1.82) is 0 Å². The summed E-state index contributed by atoms with van der Waals surface area (Å²) in [5.74, 6) is -0.0726. The molecule has 0 radical (unpaired) electrons. The maximum atomic E-state index is 12.1. The Hall–Kier alpha value is -3.52. The van der Waals surface area contributed by atoms with E-state index in [-0.39, 0.29) is 11.6 Å². The van der Waals surface area contributed by atoms with Crippen molar-refractivity contribution < 1.29 is 9.59 Å². The summed E-state index contributed by atoms with van der Waals surface area (Å²) < 4.78 is 0. The minimum atomic E-state index is -0.0363. The second-order valence-electron chi connectivity index (χ2n) is 5.80. The van der Waals surface area contributed by atoms with Gasteiger partial charge in [-0.25, -0.2) is 0 Å². The Morgan fingerprint density at radius 1 is 0.538 bits per heavy atom. The van der Waals surface area contributed by atoms with Gasteiger partial charge in [0.15, 0.2) is 11.6 Å². The molecule has 3 aromatic carbocycles. The number of carbonyl (C=O) groups is 2. The summed E-state index contributed by atoms with van der Waals surface area (Å²) in [4.78, 5) is 24.3. The summed E-state index contributed by atoms with van der Waals surface area (Å²) in [5, 5.41) is 0. The van der Waals surface area contributed by atoms with Crippen LogP contribution < -0.4 is 0 Å². The second-order valence-corrected chi connectivity index (χ2v) is 5.80. The molecule has 3 aromatic rings. The number of rotatable bonds is 6. The molecule has 0 amide bonds. The van der Waals surface area contributed by atoms with Crippen LogP contribution in [0.25, 0.3) is 12.2 Å². The van der Waals surface area contributed by atoms with Gasteiger partial charge >= 0.3 is 0 Å². The van der Waals surface area contributed by atoms with Gasteiger partial charge in [-0.2, -0.15) is 0 Å². The maximum absolute atomic E-state index is 12.1. The van der Waals surface area contributed by atoms with Crippen LogP contribution in [0, 0.1) is 0 Å². The minimum Gasteiger partial charge on any atom is -0.289 e. The van der Waals surface area contributed by atoms with Crippen LogP contribution in [-0.2, 0) is 0 Å². The Balaban J connectivity index is 1.70. The number of benzene rings is 3. The van der Waals surface area contributed by atoms with Crippen molar-refractivity contribution in [3.8, 4) is 0 Å². The van der Waals surface area contributed by atoms with E-state index in [1.807, 2.05) is 60.7 Å². The molecule has 2 nitrogen and oxygen atoms in total. The molecule has 0 saturated carbocycles. The van der Waals surface area contributed by atoms with Gasteiger partial charge in [0.05, 0.1) is 0 Å². The molecule has 0 N–H and O–H groups in total. The largest absolute Gasteiger partial charge is 0.289 e. The molecular weight excluding hydrogens is 320 g/mol. The van der Waals surface area contributed by atoms with E-state index in [1.165, 1.54) is 0 Å². The van der Waals surface area contributed by atoms with E-state index in [0.717, 1.165) is 11.1 Å². The van der Waals surface area contributed by atoms with Crippen LogP contribution in [-0.4, -0.2) is 11.6 Å². The first-order valence-electron chi connectivity index (χ1n) is 8.37. The van der Waals surface area contributed by atoms with E-state index in [1.54, 1.807) is 48.6 Å². The summed E-state index contributed by atoms with van der Waals surface area (Å²) in [6.45, 7) is 0. The lowest BCUT2D eigenvalue weighted by Crippen LogP contribution is -1.93. The topological polar surface area (TPSA) is 34.1 Å². The number of carbonyl (C=O) groups excluding carboxylic acids is 2. The van der Waals surface area contributed by atoms with Crippen molar-refractivity contribution in [1.82, 2.24) is 0 Å². The third kappa shape index (κ3) is 4.74. The predicted octanol–water partition coefficient (Wildman–Crippen LogP) is 5.48. The van der Waals surface area contributed by atoms with Gasteiger partial charge in [-0.05, 0) is 29.3 Å². The molecule has 0 unspecified atom stereocenters. The van der Waals surface area contributed by atoms with Crippen LogP contribution in [0.5, 0.6) is 0 Å². The number of allylic oxidation sites excluding steroid dienone is 2. The van der Waals surface area contributed by atoms with Gasteiger partial charge in [0.25, 0.3) is 0 Å². The van der Waals surface area contributed by atoms with E-state index in [0.29, 0.717) is 11.1 Å². The fourth-order valence-corrected chi connectivity index (χ4v) is 2.51. The molecule has 3 rings (SSSR count). The predicted molar refractivity (Wildman–Crippen MR) is 106 cm³/mol. The first-order chi connectivity index (χ1) is 12.7. The van der Waals surface area contributed by atoms with Gasteiger partial charge < -0.3 is 0 Å². The average molecular weight is 338 g/mol. The quantitative estimate of drug-likeness (QED) is 0.440. The fraction of sp³-hybridized carbons (Fsp3) is 0. The van der Waals surface area contributed by atoms with Gasteiger partial charge in [-0.15, -0.1) is 0 Å². The summed E-state index contributed by atoms with van der Waals surface area (Å²) >= 11 is 0. The molecule has 0 aliphatic heterocycles. The number of hydrogen-bond donors (Lipinski definition) is 0. The highest BCUT2D eigenvalue weighted by molar-refractivity contribution is 6.07. The maximum Gasteiger partial charge on any atom is 0.185 e. The van der Waals surface area contributed by atoms with Gasteiger partial charge in [0, 0.05) is 11.1 Å². The molecular formula is C24H18O2. The molecule has 0 saturated heterocycles. The van der Waals surface area contributed by atoms with Gasteiger partial charge in [-0.3, -0.25) is 9.59 Å². The molecule has 0 aliphatic carbocycles. The van der Waals surface area contributed by atoms with Crippen LogP contribution in [0.3, 0.4) is 0 Å². The Kier molecular flexibility index (Phi) is 5.69. The van der Waals surface area contributed by atoms with Crippen molar-refractivity contribution in [2.75, 3.05) is 0 Å². The molecule has 0 aromatic heterocycles. The van der Waals surface area contributed by atoms with Crippen LogP contribution in [0.2, 0.25) is 0 Å². The third-order valence-corrected chi connectivity index (χ3v) is 3.88. The standard InChI is InChI=1S/C24H18O2/c25-23(21-10-3-1-4-11-21)16-14-19-8-7-9-20(18-19)15-17-24(26)22-12-5-2-6-13-22/h1-18H. The summed E-state index contributed by atoms with van der Waals surface area (Å²) in [6, 6.07) is 26.0. The van der Waals surface area contributed by atoms with Crippen molar-refractivity contribution in [2.45, 2.75) is 0 Å². The number of hydrogen-bond acceptors (Lipinski definition) is 2. The van der Waals surface area contributed by atoms with Crippen molar-refractivity contribution in [3.05, 3.63) is 119 Å². The second kappa shape index (κ2) is 8.54. The van der Waals surface area contributed by atoms with Crippen molar-refractivity contribution in [2.24, 2.45) is 0 Å². The molecule has 0 heterocycles. The highest BCUT2D eigenvalue weighted by atomic mass is 16.1. The monoisotopic (exact) mass is 338 g/mol. The van der Waals surface area contributed by atoms with Crippen LogP contribution in [0.4, 0.5) is 0 Å². The third-order valence-electron chi connectivity index (χ3n) is 3.88. The Morgan fingerprint density at radius 2 is 0.962 bits per heavy atom. The van der Waals surface area contributed by atoms with Crippen LogP contribution >= 0.6 is 0 Å². The van der Waals surface area contributed by atoms with Crippen molar-refractivity contribution >= 4 is 23.7 Å². The molecule has 0 aliphatic rings. The fourth-order valence-electron chi connectivity index (χ4n) is 2.51. The molecule has 0 bridgehead atoms. The molecule has 26 heavy (non-hydrogen) atoms. The van der Waals surface area contributed by atoms with Gasteiger partial charge in [0.1, 0.15) is 0 Å². The van der Waals surface area contributed by atoms with Crippen LogP contribution in [0.1, 0.15) is 31.8 Å². The highest BCUT2D eigenvalue weighted by Gasteiger charge is 2.01. The Morgan fingerprint density at radius 3 is 1.38 bits per heavy atom. The summed E-state index contributed by atoms with van der Waals surface area (Å²) in [7, 11) is 0.